The molecule has 0 aliphatic heterocycles. The lowest BCUT2D eigenvalue weighted by Gasteiger charge is -2.34. The van der Waals surface area contributed by atoms with Crippen LogP contribution in [0.3, 0.4) is 0 Å². The number of fused-ring (bicyclic) bond motifs is 6. The molecule has 0 saturated carbocycles. The van der Waals surface area contributed by atoms with Crippen LogP contribution in [-0.2, 0) is 5.41 Å². The molecule has 75 heavy (non-hydrogen) atoms. The summed E-state index contributed by atoms with van der Waals surface area (Å²) in [6.07, 6.45) is 0. The van der Waals surface area contributed by atoms with E-state index in [1.807, 2.05) is 24.3 Å². The molecular formula is C71H48N4. The highest BCUT2D eigenvalue weighted by Gasteiger charge is 2.46. The van der Waals surface area contributed by atoms with Gasteiger partial charge in [0.05, 0.1) is 22.1 Å². The molecule has 0 fully saturated rings. The third kappa shape index (κ3) is 7.45. The first-order chi connectivity index (χ1) is 37.2. The maximum absolute atomic E-state index is 5.26. The predicted octanol–water partition coefficient (Wildman–Crippen LogP) is 18.1. The van der Waals surface area contributed by atoms with Crippen molar-refractivity contribution >= 4 is 38.9 Å². The van der Waals surface area contributed by atoms with E-state index in [9.17, 15) is 0 Å². The zero-order valence-corrected chi connectivity index (χ0v) is 41.0. The van der Waals surface area contributed by atoms with Crippen LogP contribution in [0.15, 0.2) is 291 Å². The minimum Gasteiger partial charge on any atom is -0.310 e. The molecule has 13 aromatic rings. The molecule has 1 aliphatic rings. The monoisotopic (exact) mass is 956 g/mol. The minimum atomic E-state index is -0.477. The fourth-order valence-corrected chi connectivity index (χ4v) is 11.7. The smallest absolute Gasteiger partial charge is 0.162 e. The molecule has 0 spiro atoms. The summed E-state index contributed by atoms with van der Waals surface area (Å²) in [7, 11) is 0. The van der Waals surface area contributed by atoms with E-state index >= 15 is 0 Å². The molecule has 0 N–H and O–H groups in total. The highest BCUT2D eigenvalue weighted by atomic mass is 15.1. The first-order valence-corrected chi connectivity index (χ1v) is 25.6. The summed E-state index contributed by atoms with van der Waals surface area (Å²) in [4.78, 5) is 12.8. The quantitative estimate of drug-likeness (QED) is 0.137. The number of nitrogens with zero attached hydrogens (tertiary/aromatic N) is 4. The van der Waals surface area contributed by atoms with Gasteiger partial charge in [0.25, 0.3) is 0 Å². The number of aromatic nitrogens is 3. The third-order valence-corrected chi connectivity index (χ3v) is 15.1. The van der Waals surface area contributed by atoms with E-state index in [0.29, 0.717) is 5.82 Å². The van der Waals surface area contributed by atoms with Crippen LogP contribution in [0.25, 0.3) is 83.6 Å². The summed E-state index contributed by atoms with van der Waals surface area (Å²) in [5, 5.41) is 2.33. The SMILES string of the molecule is c1ccc(-c2ccc(N(c3ccc(-c4ccc5c(c4)c4ccccc4n5-c4cc(-c5ccccc5)nc(-c5ccccc5)n4)cc3)c3ccc4c(c3)-c3ccccc3C4(c3ccccc3)c3ccccc3)cc2)cc1. The van der Waals surface area contributed by atoms with Crippen LogP contribution in [0, 0.1) is 0 Å². The first-order valence-electron chi connectivity index (χ1n) is 25.6. The van der Waals surface area contributed by atoms with Crippen molar-refractivity contribution in [1.29, 1.82) is 0 Å². The second kappa shape index (κ2) is 18.3. The molecule has 4 nitrogen and oxygen atoms in total. The van der Waals surface area contributed by atoms with Crippen LogP contribution in [0.4, 0.5) is 17.1 Å². The number of hydrogen-bond acceptors (Lipinski definition) is 3. The molecule has 0 unspecified atom stereocenters. The second-order valence-corrected chi connectivity index (χ2v) is 19.3. The topological polar surface area (TPSA) is 34.0 Å². The van der Waals surface area contributed by atoms with Gasteiger partial charge in [0.1, 0.15) is 5.82 Å². The highest BCUT2D eigenvalue weighted by molar-refractivity contribution is 6.10. The molecule has 0 bridgehead atoms. The van der Waals surface area contributed by atoms with Crippen molar-refractivity contribution in [2.45, 2.75) is 5.41 Å². The van der Waals surface area contributed by atoms with Gasteiger partial charge in [0, 0.05) is 45.0 Å². The molecule has 0 amide bonds. The molecule has 0 radical (unpaired) electrons. The van der Waals surface area contributed by atoms with Gasteiger partial charge < -0.3 is 4.90 Å². The molecule has 2 aromatic heterocycles. The molecule has 1 aliphatic carbocycles. The fourth-order valence-electron chi connectivity index (χ4n) is 11.7. The highest BCUT2D eigenvalue weighted by Crippen LogP contribution is 2.57. The van der Waals surface area contributed by atoms with Gasteiger partial charge in [-0.25, -0.2) is 9.97 Å². The van der Waals surface area contributed by atoms with Crippen molar-refractivity contribution in [3.05, 3.63) is 313 Å². The van der Waals surface area contributed by atoms with Gasteiger partial charge in [-0.3, -0.25) is 4.57 Å². The van der Waals surface area contributed by atoms with E-state index in [-0.39, 0.29) is 0 Å². The van der Waals surface area contributed by atoms with E-state index in [1.165, 1.54) is 49.9 Å². The van der Waals surface area contributed by atoms with Gasteiger partial charge in [-0.2, -0.15) is 0 Å². The van der Waals surface area contributed by atoms with Gasteiger partial charge in [0.15, 0.2) is 5.82 Å². The minimum absolute atomic E-state index is 0.477. The molecular weight excluding hydrogens is 909 g/mol. The number of hydrogen-bond donors (Lipinski definition) is 0. The number of para-hydroxylation sites is 1. The Labute approximate surface area is 436 Å². The van der Waals surface area contributed by atoms with Gasteiger partial charge in [-0.1, -0.05) is 231 Å². The van der Waals surface area contributed by atoms with E-state index in [2.05, 4.69) is 276 Å². The van der Waals surface area contributed by atoms with E-state index in [0.717, 1.165) is 67.2 Å². The Morgan fingerprint density at radius 3 is 1.44 bits per heavy atom. The van der Waals surface area contributed by atoms with Crippen LogP contribution < -0.4 is 4.90 Å². The Bertz CT molecular complexity index is 4090. The van der Waals surface area contributed by atoms with E-state index in [1.54, 1.807) is 0 Å². The number of benzene rings is 11. The Morgan fingerprint density at radius 2 is 0.787 bits per heavy atom. The van der Waals surface area contributed by atoms with Crippen molar-refractivity contribution in [2.75, 3.05) is 4.90 Å². The lowest BCUT2D eigenvalue weighted by Crippen LogP contribution is -2.28. The normalized spacial score (nSPS) is 12.4. The molecule has 352 valence electrons. The zero-order chi connectivity index (χ0) is 49.7. The summed E-state index contributed by atoms with van der Waals surface area (Å²) >= 11 is 0. The van der Waals surface area contributed by atoms with Gasteiger partial charge >= 0.3 is 0 Å². The van der Waals surface area contributed by atoms with Crippen LogP contribution in [-0.4, -0.2) is 14.5 Å². The largest absolute Gasteiger partial charge is 0.310 e. The standard InChI is InChI=1S/C71H48N4/c1-6-20-49(21-7-1)50-34-39-57(40-35-50)74(59-43-44-65-62(47-59)60-30-16-18-32-64(60)71(65,55-26-12-4-13-27-55)56-28-14-5-15-29-56)58-41-36-51(37-42-58)54-38-45-68-63(46-54)61-31-17-19-33-67(61)75(68)69-48-66(52-22-8-2-9-23-52)72-70(73-69)53-24-10-3-11-25-53/h1-48H. The van der Waals surface area contributed by atoms with Crippen molar-refractivity contribution < 1.29 is 0 Å². The number of rotatable bonds is 10. The maximum Gasteiger partial charge on any atom is 0.162 e. The Kier molecular flexibility index (Phi) is 10.7. The molecule has 11 aromatic carbocycles. The van der Waals surface area contributed by atoms with Gasteiger partial charge in [-0.15, -0.1) is 0 Å². The fraction of sp³-hybridized carbons (Fsp3) is 0.0141. The van der Waals surface area contributed by atoms with Crippen molar-refractivity contribution in [3.63, 3.8) is 0 Å². The lowest BCUT2D eigenvalue weighted by atomic mass is 9.68. The molecule has 0 atom stereocenters. The zero-order valence-electron chi connectivity index (χ0n) is 41.0. The molecule has 14 rings (SSSR count). The maximum atomic E-state index is 5.26. The van der Waals surface area contributed by atoms with Gasteiger partial charge in [0.2, 0.25) is 0 Å². The van der Waals surface area contributed by atoms with Crippen LogP contribution >= 0.6 is 0 Å². The third-order valence-electron chi connectivity index (χ3n) is 15.1. The van der Waals surface area contributed by atoms with Crippen LogP contribution in [0.2, 0.25) is 0 Å². The summed E-state index contributed by atoms with van der Waals surface area (Å²) in [5.74, 6) is 1.51. The average Bonchev–Trinajstić information content (AvgIpc) is 4.04. The van der Waals surface area contributed by atoms with Crippen LogP contribution in [0.1, 0.15) is 22.3 Å². The van der Waals surface area contributed by atoms with Crippen molar-refractivity contribution in [3.8, 4) is 61.8 Å². The van der Waals surface area contributed by atoms with Crippen molar-refractivity contribution in [2.24, 2.45) is 0 Å². The molecule has 0 saturated heterocycles. The Hall–Kier alpha value is -9.90. The summed E-state index contributed by atoms with van der Waals surface area (Å²) < 4.78 is 2.29. The predicted molar refractivity (Wildman–Crippen MR) is 310 cm³/mol. The van der Waals surface area contributed by atoms with E-state index in [4.69, 9.17) is 9.97 Å². The molecule has 4 heteroatoms. The lowest BCUT2D eigenvalue weighted by molar-refractivity contribution is 0.768. The Balaban J connectivity index is 0.889. The first kappa shape index (κ1) is 43.9. The van der Waals surface area contributed by atoms with Crippen LogP contribution in [0.5, 0.6) is 0 Å². The van der Waals surface area contributed by atoms with E-state index < -0.39 is 5.41 Å². The molecule has 2 heterocycles. The Morgan fingerprint density at radius 1 is 0.307 bits per heavy atom. The average molecular weight is 957 g/mol. The second-order valence-electron chi connectivity index (χ2n) is 19.3. The van der Waals surface area contributed by atoms with Gasteiger partial charge in [-0.05, 0) is 110 Å². The summed E-state index contributed by atoms with van der Waals surface area (Å²) in [6, 6.07) is 105. The summed E-state index contributed by atoms with van der Waals surface area (Å²) in [5.41, 5.74) is 20.0. The number of anilines is 3. The summed E-state index contributed by atoms with van der Waals surface area (Å²) in [6.45, 7) is 0. The van der Waals surface area contributed by atoms with Crippen molar-refractivity contribution in [1.82, 2.24) is 14.5 Å².